The second-order valence-corrected chi connectivity index (χ2v) is 6.84. The quantitative estimate of drug-likeness (QED) is 0.700. The number of benzene rings is 2. The van der Waals surface area contributed by atoms with Crippen LogP contribution < -0.4 is 15.5 Å². The van der Waals surface area contributed by atoms with E-state index in [2.05, 4.69) is 4.98 Å². The maximum Gasteiger partial charge on any atom is 0.276 e. The number of rotatable bonds is 1. The minimum Gasteiger partial charge on any atom is -0.375 e. The number of nitrogens with two attached hydrogens (primary N) is 1. The standard InChI is InChI=1S/C17H13ClN4OS/c1-21-12-8-7-10(18)9-13(12)22(11-5-3-2-4-6-11)16(23)14-15(21)20-17(19)24-14/h2-9H,1H3,(H2,19,20). The number of para-hydroxylation sites is 1. The summed E-state index contributed by atoms with van der Waals surface area (Å²) in [5.41, 5.74) is 8.16. The molecule has 120 valence electrons. The fraction of sp³-hybridized carbons (Fsp3) is 0.0588. The van der Waals surface area contributed by atoms with Gasteiger partial charge in [0, 0.05) is 17.8 Å². The molecule has 0 bridgehead atoms. The van der Waals surface area contributed by atoms with Gasteiger partial charge in [-0.05, 0) is 30.3 Å². The Bertz CT molecular complexity index is 941. The van der Waals surface area contributed by atoms with Crippen LogP contribution in [0.15, 0.2) is 48.5 Å². The zero-order chi connectivity index (χ0) is 16.8. The van der Waals surface area contributed by atoms with E-state index in [0.29, 0.717) is 26.5 Å². The summed E-state index contributed by atoms with van der Waals surface area (Å²) in [5, 5.41) is 0.930. The highest BCUT2D eigenvalue weighted by Gasteiger charge is 2.33. The molecule has 7 heteroatoms. The topological polar surface area (TPSA) is 62.5 Å². The van der Waals surface area contributed by atoms with Crippen molar-refractivity contribution in [3.05, 3.63) is 58.4 Å². The van der Waals surface area contributed by atoms with Crippen LogP contribution in [0.5, 0.6) is 0 Å². The first kappa shape index (κ1) is 15.0. The van der Waals surface area contributed by atoms with Crippen molar-refractivity contribution in [2.24, 2.45) is 0 Å². The fourth-order valence-corrected chi connectivity index (χ4v) is 3.77. The van der Waals surface area contributed by atoms with E-state index < -0.39 is 0 Å². The van der Waals surface area contributed by atoms with Crippen molar-refractivity contribution in [1.29, 1.82) is 0 Å². The van der Waals surface area contributed by atoms with Gasteiger partial charge < -0.3 is 10.6 Å². The predicted octanol–water partition coefficient (Wildman–Crippen LogP) is 4.44. The normalized spacial score (nSPS) is 13.5. The van der Waals surface area contributed by atoms with Gasteiger partial charge in [-0.2, -0.15) is 0 Å². The van der Waals surface area contributed by atoms with Crippen LogP contribution in [0.1, 0.15) is 9.67 Å². The molecule has 0 saturated heterocycles. The van der Waals surface area contributed by atoms with E-state index in [4.69, 9.17) is 17.3 Å². The first-order valence-electron chi connectivity index (χ1n) is 7.25. The number of nitrogens with zero attached hydrogens (tertiary/aromatic N) is 3. The maximum absolute atomic E-state index is 13.2. The molecule has 5 nitrogen and oxygen atoms in total. The Labute approximate surface area is 147 Å². The molecular weight excluding hydrogens is 344 g/mol. The zero-order valence-corrected chi connectivity index (χ0v) is 14.3. The highest BCUT2D eigenvalue weighted by atomic mass is 35.5. The summed E-state index contributed by atoms with van der Waals surface area (Å²) in [4.78, 5) is 21.6. The number of nitrogen functional groups attached to an aromatic ring is 1. The summed E-state index contributed by atoms with van der Waals surface area (Å²) in [7, 11) is 1.87. The lowest BCUT2D eigenvalue weighted by molar-refractivity contribution is 0.100. The summed E-state index contributed by atoms with van der Waals surface area (Å²) in [6.45, 7) is 0. The first-order chi connectivity index (χ1) is 11.6. The molecule has 2 heterocycles. The molecule has 0 atom stereocenters. The van der Waals surface area contributed by atoms with Crippen LogP contribution in [-0.4, -0.2) is 17.9 Å². The minimum atomic E-state index is -0.168. The number of thiazole rings is 1. The summed E-state index contributed by atoms with van der Waals surface area (Å²) >= 11 is 7.39. The van der Waals surface area contributed by atoms with E-state index >= 15 is 0 Å². The molecule has 1 aliphatic heterocycles. The molecule has 0 radical (unpaired) electrons. The van der Waals surface area contributed by atoms with Crippen LogP contribution in [-0.2, 0) is 0 Å². The van der Waals surface area contributed by atoms with Crippen LogP contribution in [0.4, 0.5) is 28.0 Å². The van der Waals surface area contributed by atoms with Crippen molar-refractivity contribution in [3.8, 4) is 0 Å². The van der Waals surface area contributed by atoms with E-state index in [0.717, 1.165) is 11.4 Å². The minimum absolute atomic E-state index is 0.168. The van der Waals surface area contributed by atoms with E-state index in [9.17, 15) is 4.79 Å². The SMILES string of the molecule is CN1c2ccc(Cl)cc2N(c2ccccc2)C(=O)c2sc(N)nc21. The van der Waals surface area contributed by atoms with Gasteiger partial charge in [-0.15, -0.1) is 0 Å². The Morgan fingerprint density at radius 2 is 1.88 bits per heavy atom. The molecule has 0 spiro atoms. The van der Waals surface area contributed by atoms with Crippen molar-refractivity contribution in [2.75, 3.05) is 22.6 Å². The molecule has 1 aliphatic rings. The van der Waals surface area contributed by atoms with Gasteiger partial charge in [0.15, 0.2) is 10.9 Å². The summed E-state index contributed by atoms with van der Waals surface area (Å²) in [5.74, 6) is 0.391. The van der Waals surface area contributed by atoms with E-state index in [1.807, 2.05) is 48.3 Å². The van der Waals surface area contributed by atoms with Gasteiger partial charge in [0.05, 0.1) is 11.4 Å². The molecule has 0 aliphatic carbocycles. The molecule has 1 amide bonds. The second kappa shape index (κ2) is 5.51. The van der Waals surface area contributed by atoms with E-state index in [1.54, 1.807) is 17.0 Å². The van der Waals surface area contributed by atoms with Crippen LogP contribution in [0.2, 0.25) is 5.02 Å². The Balaban J connectivity index is 2.03. The summed E-state index contributed by atoms with van der Waals surface area (Å²) in [6, 6.07) is 14.9. The van der Waals surface area contributed by atoms with Gasteiger partial charge >= 0.3 is 0 Å². The van der Waals surface area contributed by atoms with Crippen LogP contribution in [0, 0.1) is 0 Å². The Kier molecular flexibility index (Phi) is 3.44. The third-order valence-corrected chi connectivity index (χ3v) is 4.99. The number of halogens is 1. The molecule has 4 rings (SSSR count). The third kappa shape index (κ3) is 2.23. The largest absolute Gasteiger partial charge is 0.375 e. The van der Waals surface area contributed by atoms with Gasteiger partial charge in [-0.3, -0.25) is 9.69 Å². The molecule has 2 N–H and O–H groups in total. The van der Waals surface area contributed by atoms with Crippen LogP contribution in [0.25, 0.3) is 0 Å². The van der Waals surface area contributed by atoms with E-state index in [1.165, 1.54) is 11.3 Å². The van der Waals surface area contributed by atoms with E-state index in [-0.39, 0.29) is 5.91 Å². The zero-order valence-electron chi connectivity index (χ0n) is 12.7. The van der Waals surface area contributed by atoms with Gasteiger partial charge in [-0.1, -0.05) is 41.1 Å². The smallest absolute Gasteiger partial charge is 0.276 e. The van der Waals surface area contributed by atoms with Crippen molar-refractivity contribution >= 4 is 56.9 Å². The number of fused-ring (bicyclic) bond motifs is 2. The molecule has 1 aromatic heterocycles. The first-order valence-corrected chi connectivity index (χ1v) is 8.45. The van der Waals surface area contributed by atoms with Gasteiger partial charge in [0.25, 0.3) is 5.91 Å². The molecule has 24 heavy (non-hydrogen) atoms. The number of aromatic nitrogens is 1. The van der Waals surface area contributed by atoms with Crippen LogP contribution >= 0.6 is 22.9 Å². The van der Waals surface area contributed by atoms with Crippen molar-refractivity contribution in [3.63, 3.8) is 0 Å². The van der Waals surface area contributed by atoms with Crippen molar-refractivity contribution in [1.82, 2.24) is 4.98 Å². The highest BCUT2D eigenvalue weighted by molar-refractivity contribution is 7.18. The summed E-state index contributed by atoms with van der Waals surface area (Å²) < 4.78 is 0. The number of hydrogen-bond donors (Lipinski definition) is 1. The molecule has 3 aromatic rings. The number of hydrogen-bond acceptors (Lipinski definition) is 5. The van der Waals surface area contributed by atoms with Crippen molar-refractivity contribution < 1.29 is 4.79 Å². The Morgan fingerprint density at radius 1 is 1.12 bits per heavy atom. The maximum atomic E-state index is 13.2. The Morgan fingerprint density at radius 3 is 2.62 bits per heavy atom. The number of carbonyl (C=O) groups excluding carboxylic acids is 1. The van der Waals surface area contributed by atoms with Crippen molar-refractivity contribution in [2.45, 2.75) is 0 Å². The number of anilines is 5. The number of amides is 1. The average molecular weight is 357 g/mol. The molecule has 0 fully saturated rings. The van der Waals surface area contributed by atoms with Gasteiger partial charge in [-0.25, -0.2) is 4.98 Å². The average Bonchev–Trinajstić information content (AvgIpc) is 2.94. The monoisotopic (exact) mass is 356 g/mol. The lowest BCUT2D eigenvalue weighted by Crippen LogP contribution is -2.24. The third-order valence-electron chi connectivity index (χ3n) is 3.89. The molecule has 0 unspecified atom stereocenters. The molecule has 0 saturated carbocycles. The summed E-state index contributed by atoms with van der Waals surface area (Å²) in [6.07, 6.45) is 0. The fourth-order valence-electron chi connectivity index (χ4n) is 2.81. The second-order valence-electron chi connectivity index (χ2n) is 5.37. The van der Waals surface area contributed by atoms with Gasteiger partial charge in [0.2, 0.25) is 0 Å². The predicted molar refractivity (Wildman–Crippen MR) is 99.0 cm³/mol. The lowest BCUT2D eigenvalue weighted by Gasteiger charge is -2.24. The lowest BCUT2D eigenvalue weighted by atomic mass is 10.2. The highest BCUT2D eigenvalue weighted by Crippen LogP contribution is 2.45. The number of carbonyl (C=O) groups is 1. The molecule has 2 aromatic carbocycles. The van der Waals surface area contributed by atoms with Crippen LogP contribution in [0.3, 0.4) is 0 Å². The van der Waals surface area contributed by atoms with Gasteiger partial charge in [0.1, 0.15) is 4.88 Å². The Hall–Kier alpha value is -2.57. The molecular formula is C17H13ClN4OS.